The van der Waals surface area contributed by atoms with Crippen LogP contribution in [0.2, 0.25) is 0 Å². The van der Waals surface area contributed by atoms with Crippen molar-refractivity contribution in [3.05, 3.63) is 58.7 Å². The highest BCUT2D eigenvalue weighted by molar-refractivity contribution is 6.00. The van der Waals surface area contributed by atoms with Gasteiger partial charge in [0.15, 0.2) is 0 Å². The van der Waals surface area contributed by atoms with E-state index in [1.165, 1.54) is 19.8 Å². The molecule has 0 unspecified atom stereocenters. The fourth-order valence-corrected chi connectivity index (χ4v) is 3.60. The van der Waals surface area contributed by atoms with Gasteiger partial charge in [-0.1, -0.05) is 12.1 Å². The summed E-state index contributed by atoms with van der Waals surface area (Å²) in [6, 6.07) is 11.1. The summed E-state index contributed by atoms with van der Waals surface area (Å²) in [6.07, 6.45) is 0.722. The Morgan fingerprint density at radius 1 is 0.793 bits per heavy atom. The maximum absolute atomic E-state index is 13.2. The lowest BCUT2D eigenvalue weighted by atomic mass is 10.1. The van der Waals surface area contributed by atoms with Crippen LogP contribution in [0.1, 0.15) is 38.3 Å². The fraction of sp³-hybridized carbons (Fsp3) is 0.391. The first-order valence-electron chi connectivity index (χ1n) is 9.83. The first-order chi connectivity index (χ1) is 14.0. The Bertz CT molecular complexity index is 887. The summed E-state index contributed by atoms with van der Waals surface area (Å²) in [6.45, 7) is 6.21. The number of amides is 2. The molecule has 2 aromatic rings. The van der Waals surface area contributed by atoms with Crippen molar-refractivity contribution in [3.8, 4) is 11.5 Å². The average molecular weight is 396 g/mol. The van der Waals surface area contributed by atoms with Gasteiger partial charge in [-0.05, 0) is 55.7 Å². The van der Waals surface area contributed by atoms with Crippen LogP contribution in [0.3, 0.4) is 0 Å². The molecule has 0 spiro atoms. The van der Waals surface area contributed by atoms with E-state index in [1.807, 2.05) is 36.9 Å². The molecule has 6 nitrogen and oxygen atoms in total. The highest BCUT2D eigenvalue weighted by atomic mass is 16.5. The number of aryl methyl sites for hydroxylation is 2. The normalized spacial score (nSPS) is 14.3. The molecule has 0 aromatic heterocycles. The fourth-order valence-electron chi connectivity index (χ4n) is 3.60. The lowest BCUT2D eigenvalue weighted by Gasteiger charge is -2.24. The second-order valence-corrected chi connectivity index (χ2v) is 7.27. The summed E-state index contributed by atoms with van der Waals surface area (Å²) >= 11 is 0. The van der Waals surface area contributed by atoms with Crippen molar-refractivity contribution in [2.45, 2.75) is 20.3 Å². The molecule has 1 fully saturated rings. The van der Waals surface area contributed by atoms with Crippen molar-refractivity contribution < 1.29 is 19.1 Å². The molecule has 0 aliphatic carbocycles. The van der Waals surface area contributed by atoms with Crippen molar-refractivity contribution in [1.29, 1.82) is 0 Å². The SMILES string of the molecule is COc1cccc(OC)c1C(=O)N1CCCN(C(=O)c2ccc(C)c(C)c2)CC1. The first kappa shape index (κ1) is 20.7. The van der Waals surface area contributed by atoms with Gasteiger partial charge >= 0.3 is 0 Å². The quantitative estimate of drug-likeness (QED) is 0.796. The zero-order valence-corrected chi connectivity index (χ0v) is 17.5. The molecule has 0 atom stereocenters. The standard InChI is InChI=1S/C23H28N2O4/c1-16-9-10-18(15-17(16)2)22(26)24-11-6-12-25(14-13-24)23(27)21-19(28-3)7-5-8-20(21)29-4/h5,7-10,15H,6,11-14H2,1-4H3. The van der Waals surface area contributed by atoms with Crippen LogP contribution in [0, 0.1) is 13.8 Å². The smallest absolute Gasteiger partial charge is 0.261 e. The Balaban J connectivity index is 1.75. The number of hydrogen-bond donors (Lipinski definition) is 0. The summed E-state index contributed by atoms with van der Waals surface area (Å²) < 4.78 is 10.8. The van der Waals surface area contributed by atoms with Crippen LogP contribution >= 0.6 is 0 Å². The maximum Gasteiger partial charge on any atom is 0.261 e. The number of rotatable bonds is 4. The van der Waals surface area contributed by atoms with E-state index in [2.05, 4.69) is 0 Å². The maximum atomic E-state index is 13.2. The summed E-state index contributed by atoms with van der Waals surface area (Å²) in [5, 5.41) is 0. The van der Waals surface area contributed by atoms with Crippen LogP contribution in [0.25, 0.3) is 0 Å². The van der Waals surface area contributed by atoms with Gasteiger partial charge in [-0.25, -0.2) is 0 Å². The highest BCUT2D eigenvalue weighted by Gasteiger charge is 2.27. The lowest BCUT2D eigenvalue weighted by molar-refractivity contribution is 0.0715. The Morgan fingerprint density at radius 3 is 1.93 bits per heavy atom. The van der Waals surface area contributed by atoms with Gasteiger partial charge in [-0.15, -0.1) is 0 Å². The molecule has 6 heteroatoms. The number of benzene rings is 2. The van der Waals surface area contributed by atoms with Crippen LogP contribution in [0.15, 0.2) is 36.4 Å². The topological polar surface area (TPSA) is 59.1 Å². The number of carbonyl (C=O) groups is 2. The number of methoxy groups -OCH3 is 2. The van der Waals surface area contributed by atoms with E-state index in [0.717, 1.165) is 12.0 Å². The predicted octanol–water partition coefficient (Wildman–Crippen LogP) is 3.31. The van der Waals surface area contributed by atoms with E-state index in [-0.39, 0.29) is 11.8 Å². The molecule has 0 N–H and O–H groups in total. The molecule has 3 rings (SSSR count). The minimum atomic E-state index is -0.139. The second kappa shape index (κ2) is 8.99. The lowest BCUT2D eigenvalue weighted by Crippen LogP contribution is -2.37. The van der Waals surface area contributed by atoms with Crippen LogP contribution in [-0.4, -0.2) is 62.0 Å². The number of nitrogens with zero attached hydrogens (tertiary/aromatic N) is 2. The van der Waals surface area contributed by atoms with E-state index in [0.29, 0.717) is 48.8 Å². The first-order valence-corrected chi connectivity index (χ1v) is 9.83. The van der Waals surface area contributed by atoms with Gasteiger partial charge in [0.2, 0.25) is 0 Å². The molecule has 2 amide bonds. The van der Waals surface area contributed by atoms with Gasteiger partial charge in [-0.3, -0.25) is 9.59 Å². The Hall–Kier alpha value is -3.02. The Labute approximate surface area is 172 Å². The summed E-state index contributed by atoms with van der Waals surface area (Å²) in [5.74, 6) is 0.848. The van der Waals surface area contributed by atoms with Gasteiger partial charge in [0.1, 0.15) is 17.1 Å². The molecular formula is C23H28N2O4. The third-order valence-corrected chi connectivity index (χ3v) is 5.47. The molecule has 154 valence electrons. The Morgan fingerprint density at radius 2 is 1.38 bits per heavy atom. The van der Waals surface area contributed by atoms with E-state index < -0.39 is 0 Å². The summed E-state index contributed by atoms with van der Waals surface area (Å²) in [4.78, 5) is 29.8. The molecule has 2 aromatic carbocycles. The van der Waals surface area contributed by atoms with Crippen LogP contribution in [0.4, 0.5) is 0 Å². The minimum absolute atomic E-state index is 0.0114. The van der Waals surface area contributed by atoms with E-state index >= 15 is 0 Å². The number of carbonyl (C=O) groups excluding carboxylic acids is 2. The van der Waals surface area contributed by atoms with Gasteiger partial charge in [0.05, 0.1) is 14.2 Å². The van der Waals surface area contributed by atoms with Crippen LogP contribution in [-0.2, 0) is 0 Å². The van der Waals surface area contributed by atoms with Crippen molar-refractivity contribution in [3.63, 3.8) is 0 Å². The molecule has 1 heterocycles. The molecule has 1 aliphatic rings. The largest absolute Gasteiger partial charge is 0.496 e. The van der Waals surface area contributed by atoms with Crippen molar-refractivity contribution in [1.82, 2.24) is 9.80 Å². The van der Waals surface area contributed by atoms with Crippen molar-refractivity contribution in [2.24, 2.45) is 0 Å². The van der Waals surface area contributed by atoms with Gasteiger partial charge in [0.25, 0.3) is 11.8 Å². The summed E-state index contributed by atoms with van der Waals surface area (Å²) in [5.41, 5.74) is 3.39. The van der Waals surface area contributed by atoms with E-state index in [9.17, 15) is 9.59 Å². The molecule has 0 bridgehead atoms. The number of ether oxygens (including phenoxy) is 2. The van der Waals surface area contributed by atoms with Crippen molar-refractivity contribution >= 4 is 11.8 Å². The van der Waals surface area contributed by atoms with Gasteiger partial charge in [0, 0.05) is 31.7 Å². The molecule has 1 aliphatic heterocycles. The Kier molecular flexibility index (Phi) is 6.42. The van der Waals surface area contributed by atoms with Crippen molar-refractivity contribution in [2.75, 3.05) is 40.4 Å². The molecule has 0 saturated carbocycles. The van der Waals surface area contributed by atoms with Gasteiger partial charge in [-0.2, -0.15) is 0 Å². The second-order valence-electron chi connectivity index (χ2n) is 7.27. The van der Waals surface area contributed by atoms with Crippen LogP contribution < -0.4 is 9.47 Å². The average Bonchev–Trinajstić information content (AvgIpc) is 3.00. The van der Waals surface area contributed by atoms with Gasteiger partial charge < -0.3 is 19.3 Å². The molecule has 0 radical (unpaired) electrons. The van der Waals surface area contributed by atoms with E-state index in [1.54, 1.807) is 23.1 Å². The van der Waals surface area contributed by atoms with E-state index in [4.69, 9.17) is 9.47 Å². The zero-order valence-electron chi connectivity index (χ0n) is 17.5. The minimum Gasteiger partial charge on any atom is -0.496 e. The third kappa shape index (κ3) is 4.36. The number of hydrogen-bond acceptors (Lipinski definition) is 4. The predicted molar refractivity (Wildman–Crippen MR) is 112 cm³/mol. The molecule has 1 saturated heterocycles. The summed E-state index contributed by atoms with van der Waals surface area (Å²) in [7, 11) is 3.08. The monoisotopic (exact) mass is 396 g/mol. The third-order valence-electron chi connectivity index (χ3n) is 5.47. The highest BCUT2D eigenvalue weighted by Crippen LogP contribution is 2.30. The van der Waals surface area contributed by atoms with Crippen LogP contribution in [0.5, 0.6) is 11.5 Å². The molecule has 29 heavy (non-hydrogen) atoms. The zero-order chi connectivity index (χ0) is 21.0. The molecular weight excluding hydrogens is 368 g/mol.